The third kappa shape index (κ3) is 64.0. The zero-order valence-corrected chi connectivity index (χ0v) is 53.4. The van der Waals surface area contributed by atoms with E-state index >= 15 is 0 Å². The topological polar surface area (TPSA) is 95.9 Å². The summed E-state index contributed by atoms with van der Waals surface area (Å²) in [7, 11) is 0. The summed E-state index contributed by atoms with van der Waals surface area (Å²) in [6, 6.07) is -0.533. The molecule has 0 aromatic rings. The van der Waals surface area contributed by atoms with E-state index in [2.05, 4.69) is 19.2 Å². The molecule has 0 aromatic carbocycles. The van der Waals surface area contributed by atoms with Gasteiger partial charge in [0.25, 0.3) is 0 Å². The molecule has 0 saturated carbocycles. The molecular formula is C72H143NO5. The molecule has 2 unspecified atom stereocenters. The number of aliphatic hydroxyl groups excluding tert-OH is 2. The Kier molecular flexibility index (Phi) is 67.4. The summed E-state index contributed by atoms with van der Waals surface area (Å²) in [5, 5.41) is 23.2. The van der Waals surface area contributed by atoms with Crippen molar-refractivity contribution < 1.29 is 24.5 Å². The molecule has 6 nitrogen and oxygen atoms in total. The number of carbonyl (C=O) groups excluding carboxylic acids is 2. The van der Waals surface area contributed by atoms with Crippen molar-refractivity contribution in [3.05, 3.63) is 0 Å². The van der Waals surface area contributed by atoms with Crippen molar-refractivity contribution in [2.45, 2.75) is 437 Å². The second kappa shape index (κ2) is 68.4. The molecule has 6 heteroatoms. The molecule has 0 bridgehead atoms. The minimum Gasteiger partial charge on any atom is -0.466 e. The van der Waals surface area contributed by atoms with Crippen LogP contribution in [0.4, 0.5) is 0 Å². The molecule has 0 spiro atoms. The number of nitrogens with one attached hydrogen (secondary N) is 1. The molecule has 0 aliphatic heterocycles. The molecule has 1 amide bonds. The van der Waals surface area contributed by atoms with E-state index in [1.807, 2.05) is 0 Å². The minimum atomic E-state index is -0.656. The van der Waals surface area contributed by atoms with Gasteiger partial charge >= 0.3 is 5.97 Å². The number of carbonyl (C=O) groups is 2. The maximum Gasteiger partial charge on any atom is 0.305 e. The second-order valence-electron chi connectivity index (χ2n) is 25.3. The summed E-state index contributed by atoms with van der Waals surface area (Å²) in [6.07, 6.45) is 83.4. The number of aliphatic hydroxyl groups is 2. The first kappa shape index (κ1) is 76.9. The van der Waals surface area contributed by atoms with Crippen LogP contribution in [-0.4, -0.2) is 47.4 Å². The van der Waals surface area contributed by atoms with Crippen LogP contribution in [-0.2, 0) is 14.3 Å². The zero-order valence-electron chi connectivity index (χ0n) is 53.4. The van der Waals surface area contributed by atoms with E-state index in [9.17, 15) is 19.8 Å². The van der Waals surface area contributed by atoms with E-state index in [0.717, 1.165) is 38.5 Å². The van der Waals surface area contributed by atoms with E-state index in [-0.39, 0.29) is 18.5 Å². The predicted molar refractivity (Wildman–Crippen MR) is 343 cm³/mol. The molecule has 466 valence electrons. The molecule has 0 radical (unpaired) electrons. The van der Waals surface area contributed by atoms with Crippen LogP contribution in [0.3, 0.4) is 0 Å². The molecule has 3 N–H and O–H groups in total. The van der Waals surface area contributed by atoms with Crippen molar-refractivity contribution in [1.29, 1.82) is 0 Å². The first-order valence-electron chi connectivity index (χ1n) is 36.3. The van der Waals surface area contributed by atoms with Crippen LogP contribution < -0.4 is 5.32 Å². The van der Waals surface area contributed by atoms with E-state index in [1.165, 1.54) is 353 Å². The fourth-order valence-electron chi connectivity index (χ4n) is 11.9. The first-order valence-corrected chi connectivity index (χ1v) is 36.3. The lowest BCUT2D eigenvalue weighted by atomic mass is 10.0. The van der Waals surface area contributed by atoms with Crippen LogP contribution in [0.25, 0.3) is 0 Å². The fourth-order valence-corrected chi connectivity index (χ4v) is 11.9. The van der Waals surface area contributed by atoms with Crippen molar-refractivity contribution in [2.75, 3.05) is 13.2 Å². The smallest absolute Gasteiger partial charge is 0.305 e. The van der Waals surface area contributed by atoms with Gasteiger partial charge in [-0.2, -0.15) is 0 Å². The average Bonchev–Trinajstić information content (AvgIpc) is 3.44. The van der Waals surface area contributed by atoms with Gasteiger partial charge in [0, 0.05) is 12.8 Å². The van der Waals surface area contributed by atoms with Gasteiger partial charge in [-0.25, -0.2) is 0 Å². The van der Waals surface area contributed by atoms with E-state index in [0.29, 0.717) is 25.9 Å². The molecule has 0 aliphatic carbocycles. The highest BCUT2D eigenvalue weighted by atomic mass is 16.5. The van der Waals surface area contributed by atoms with Crippen molar-refractivity contribution in [3.63, 3.8) is 0 Å². The minimum absolute atomic E-state index is 0.0265. The summed E-state index contributed by atoms with van der Waals surface area (Å²) < 4.78 is 5.49. The number of esters is 1. The number of hydrogen-bond donors (Lipinski definition) is 3. The van der Waals surface area contributed by atoms with Crippen molar-refractivity contribution in [2.24, 2.45) is 0 Å². The van der Waals surface area contributed by atoms with Crippen LogP contribution in [0.5, 0.6) is 0 Å². The van der Waals surface area contributed by atoms with Gasteiger partial charge in [-0.1, -0.05) is 386 Å². The Labute approximate surface area is 489 Å². The lowest BCUT2D eigenvalue weighted by molar-refractivity contribution is -0.143. The lowest BCUT2D eigenvalue weighted by Crippen LogP contribution is -2.45. The summed E-state index contributed by atoms with van der Waals surface area (Å²) in [4.78, 5) is 24.5. The van der Waals surface area contributed by atoms with Gasteiger partial charge in [-0.05, 0) is 25.7 Å². The zero-order chi connectivity index (χ0) is 56.4. The number of ether oxygens (including phenoxy) is 1. The maximum atomic E-state index is 12.4. The van der Waals surface area contributed by atoms with Gasteiger partial charge in [0.15, 0.2) is 0 Å². The van der Waals surface area contributed by atoms with Crippen LogP contribution in [0.2, 0.25) is 0 Å². The van der Waals surface area contributed by atoms with E-state index < -0.39 is 12.1 Å². The molecule has 0 heterocycles. The molecule has 0 aliphatic rings. The lowest BCUT2D eigenvalue weighted by Gasteiger charge is -2.22. The molecule has 0 fully saturated rings. The summed E-state index contributed by atoms with van der Waals surface area (Å²) in [5.41, 5.74) is 0. The Balaban J connectivity index is 3.24. The summed E-state index contributed by atoms with van der Waals surface area (Å²) >= 11 is 0. The normalized spacial score (nSPS) is 12.4. The highest BCUT2D eigenvalue weighted by Gasteiger charge is 2.20. The molecule has 78 heavy (non-hydrogen) atoms. The highest BCUT2D eigenvalue weighted by Crippen LogP contribution is 2.20. The van der Waals surface area contributed by atoms with Gasteiger partial charge in [-0.15, -0.1) is 0 Å². The average molecular weight is 1100 g/mol. The standard InChI is InChI=1S/C72H143NO5/c1-3-5-7-9-11-13-14-42-46-50-54-58-62-66-72(77)78-67-63-59-55-51-47-44-41-39-37-35-33-31-29-27-25-23-21-19-17-15-16-18-20-22-24-26-28-30-32-34-36-38-40-43-45-49-53-57-61-65-71(76)73-69(68-74)70(75)64-60-56-52-48-12-10-8-6-4-2/h69-70,74-75H,3-68H2,1-2H3,(H,73,76). The summed E-state index contributed by atoms with van der Waals surface area (Å²) in [5.74, 6) is -0.00220. The third-order valence-corrected chi connectivity index (χ3v) is 17.4. The van der Waals surface area contributed by atoms with Gasteiger partial charge in [-0.3, -0.25) is 9.59 Å². The number of unbranched alkanes of at least 4 members (excludes halogenated alkanes) is 58. The van der Waals surface area contributed by atoms with E-state index in [1.54, 1.807) is 0 Å². The Morgan fingerprint density at radius 3 is 0.782 bits per heavy atom. The maximum absolute atomic E-state index is 12.4. The largest absolute Gasteiger partial charge is 0.466 e. The Bertz CT molecular complexity index is 1130. The second-order valence-corrected chi connectivity index (χ2v) is 25.3. The summed E-state index contributed by atoms with van der Waals surface area (Å²) in [6.45, 7) is 4.97. The van der Waals surface area contributed by atoms with Crippen LogP contribution in [0, 0.1) is 0 Å². The SMILES string of the molecule is CCCCCCCCCCCCCCCC(=O)OCCCCCCCCCCCCCCCCCCCCCCCCCCCCCCCCCCCCCCCCCC(=O)NC(CO)C(O)CCCCCCCCCCC. The number of rotatable bonds is 69. The molecule has 2 atom stereocenters. The van der Waals surface area contributed by atoms with Crippen molar-refractivity contribution in [3.8, 4) is 0 Å². The van der Waals surface area contributed by atoms with Gasteiger partial charge in [0.1, 0.15) is 0 Å². The molecular weight excluding hydrogens is 959 g/mol. The highest BCUT2D eigenvalue weighted by molar-refractivity contribution is 5.76. The van der Waals surface area contributed by atoms with Crippen LogP contribution in [0.15, 0.2) is 0 Å². The Morgan fingerprint density at radius 2 is 0.526 bits per heavy atom. The van der Waals surface area contributed by atoms with Crippen LogP contribution in [0.1, 0.15) is 425 Å². The van der Waals surface area contributed by atoms with Gasteiger partial charge in [0.2, 0.25) is 5.91 Å². The van der Waals surface area contributed by atoms with Crippen molar-refractivity contribution >= 4 is 11.9 Å². The van der Waals surface area contributed by atoms with Gasteiger partial charge < -0.3 is 20.3 Å². The molecule has 0 aromatic heterocycles. The predicted octanol–water partition coefficient (Wildman–Crippen LogP) is 23.4. The Morgan fingerprint density at radius 1 is 0.308 bits per heavy atom. The molecule has 0 rings (SSSR count). The fraction of sp³-hybridized carbons (Fsp3) is 0.972. The van der Waals surface area contributed by atoms with Crippen molar-refractivity contribution in [1.82, 2.24) is 5.32 Å². The number of amides is 1. The third-order valence-electron chi connectivity index (χ3n) is 17.4. The van der Waals surface area contributed by atoms with Gasteiger partial charge in [0.05, 0.1) is 25.4 Å². The number of hydrogen-bond acceptors (Lipinski definition) is 5. The quantitative estimate of drug-likeness (QED) is 0.0417. The van der Waals surface area contributed by atoms with Crippen LogP contribution >= 0.6 is 0 Å². The Hall–Kier alpha value is -1.14. The van der Waals surface area contributed by atoms with E-state index in [4.69, 9.17) is 4.74 Å². The first-order chi connectivity index (χ1) is 38.5. The molecule has 0 saturated heterocycles. The monoisotopic (exact) mass is 1100 g/mol.